The summed E-state index contributed by atoms with van der Waals surface area (Å²) < 4.78 is 4.79. The summed E-state index contributed by atoms with van der Waals surface area (Å²) in [7, 11) is 1.39. The van der Waals surface area contributed by atoms with Crippen LogP contribution in [0.25, 0.3) is 0 Å². The van der Waals surface area contributed by atoms with E-state index in [2.05, 4.69) is 31.0 Å². The topological polar surface area (TPSA) is 38.3 Å². The zero-order valence-electron chi connectivity index (χ0n) is 11.8. The second-order valence-corrected chi connectivity index (χ2v) is 4.36. The third kappa shape index (κ3) is 4.28. The first kappa shape index (κ1) is 15.0. The minimum atomic E-state index is -0.315. The molecule has 0 bridgehead atoms. The Labute approximate surface area is 115 Å². The van der Waals surface area contributed by atoms with Crippen molar-refractivity contribution in [3.63, 3.8) is 0 Å². The lowest BCUT2D eigenvalue weighted by molar-refractivity contribution is -0.136. The van der Waals surface area contributed by atoms with Crippen LogP contribution in [0.2, 0.25) is 0 Å². The number of carbonyl (C=O) groups excluding carboxylic acids is 1. The van der Waals surface area contributed by atoms with Gasteiger partial charge < -0.3 is 10.1 Å². The van der Waals surface area contributed by atoms with Crippen LogP contribution in [0.5, 0.6) is 0 Å². The summed E-state index contributed by atoms with van der Waals surface area (Å²) in [5.41, 5.74) is 2.60. The maximum Gasteiger partial charge on any atom is 0.335 e. The molecule has 0 fully saturated rings. The molecule has 3 nitrogen and oxygen atoms in total. The van der Waals surface area contributed by atoms with Crippen molar-refractivity contribution in [2.45, 2.75) is 26.3 Å². The number of esters is 1. The van der Waals surface area contributed by atoms with Crippen molar-refractivity contribution in [3.8, 4) is 0 Å². The Hall–Kier alpha value is -2.03. The predicted molar refractivity (Wildman–Crippen MR) is 77.5 cm³/mol. The Morgan fingerprint density at radius 1 is 1.42 bits per heavy atom. The largest absolute Gasteiger partial charge is 0.466 e. The van der Waals surface area contributed by atoms with Gasteiger partial charge in [-0.3, -0.25) is 0 Å². The molecule has 0 heterocycles. The minimum Gasteiger partial charge on any atom is -0.466 e. The molecule has 0 spiro atoms. The molecule has 0 aliphatic carbocycles. The summed E-state index contributed by atoms with van der Waals surface area (Å²) >= 11 is 0. The van der Waals surface area contributed by atoms with Crippen LogP contribution in [-0.4, -0.2) is 13.1 Å². The summed E-state index contributed by atoms with van der Waals surface area (Å²) in [6, 6.07) is 10.2. The molecule has 102 valence electrons. The van der Waals surface area contributed by atoms with Crippen molar-refractivity contribution < 1.29 is 9.53 Å². The Kier molecular flexibility index (Phi) is 5.86. The van der Waals surface area contributed by atoms with Crippen molar-refractivity contribution in [3.05, 3.63) is 59.8 Å². The fourth-order valence-corrected chi connectivity index (χ4v) is 1.89. The first-order chi connectivity index (χ1) is 9.10. The van der Waals surface area contributed by atoms with E-state index in [0.29, 0.717) is 12.0 Å². The molecule has 0 aliphatic heterocycles. The molecular formula is C16H21NO2. The highest BCUT2D eigenvalue weighted by molar-refractivity contribution is 5.89. The molecule has 0 saturated carbocycles. The van der Waals surface area contributed by atoms with E-state index >= 15 is 0 Å². The number of methoxy groups -OCH3 is 1. The van der Waals surface area contributed by atoms with Gasteiger partial charge in [-0.15, -0.1) is 6.58 Å². The molecular weight excluding hydrogens is 238 g/mol. The van der Waals surface area contributed by atoms with Crippen LogP contribution < -0.4 is 5.32 Å². The Morgan fingerprint density at radius 3 is 2.58 bits per heavy atom. The van der Waals surface area contributed by atoms with E-state index in [-0.39, 0.29) is 12.0 Å². The molecule has 0 aliphatic rings. The van der Waals surface area contributed by atoms with Gasteiger partial charge in [-0.25, -0.2) is 4.79 Å². The highest BCUT2D eigenvalue weighted by Gasteiger charge is 2.13. The fourth-order valence-electron chi connectivity index (χ4n) is 1.89. The van der Waals surface area contributed by atoms with E-state index in [1.165, 1.54) is 12.7 Å². The van der Waals surface area contributed by atoms with Crippen LogP contribution in [-0.2, 0) is 9.53 Å². The number of hydrogen-bond acceptors (Lipinski definition) is 3. The van der Waals surface area contributed by atoms with Gasteiger partial charge in [0.05, 0.1) is 12.7 Å². The third-order valence-electron chi connectivity index (χ3n) is 2.97. The summed E-state index contributed by atoms with van der Waals surface area (Å²) in [6.45, 7) is 7.61. The van der Waals surface area contributed by atoms with Gasteiger partial charge in [0.2, 0.25) is 0 Å². The van der Waals surface area contributed by atoms with Gasteiger partial charge in [0.15, 0.2) is 0 Å². The molecule has 0 aromatic heterocycles. The molecule has 1 aromatic carbocycles. The zero-order valence-corrected chi connectivity index (χ0v) is 11.8. The van der Waals surface area contributed by atoms with Gasteiger partial charge in [0.1, 0.15) is 0 Å². The smallest absolute Gasteiger partial charge is 0.335 e. The van der Waals surface area contributed by atoms with E-state index in [9.17, 15) is 4.79 Å². The van der Waals surface area contributed by atoms with Gasteiger partial charge in [-0.05, 0) is 25.8 Å². The molecule has 0 radical (unpaired) electrons. The quantitative estimate of drug-likeness (QED) is 0.483. The summed E-state index contributed by atoms with van der Waals surface area (Å²) in [5, 5.41) is 3.33. The standard InChI is InChI=1S/C16H21NO2/c1-5-9-15(16(18)19-4)13(3)17-12(2)14-10-7-6-8-11-14/h5-8,10-12,17H,1,9H2,2-4H3/b15-13+/t12-/m1/s1. The summed E-state index contributed by atoms with van der Waals surface area (Å²) in [4.78, 5) is 11.7. The number of rotatable bonds is 6. The number of hydrogen-bond donors (Lipinski definition) is 1. The van der Waals surface area contributed by atoms with Gasteiger partial charge in [-0.2, -0.15) is 0 Å². The highest BCUT2D eigenvalue weighted by Crippen LogP contribution is 2.16. The van der Waals surface area contributed by atoms with Gasteiger partial charge in [-0.1, -0.05) is 36.4 Å². The molecule has 1 atom stereocenters. The van der Waals surface area contributed by atoms with Crippen LogP contribution in [0.3, 0.4) is 0 Å². The number of nitrogens with one attached hydrogen (secondary N) is 1. The molecule has 19 heavy (non-hydrogen) atoms. The lowest BCUT2D eigenvalue weighted by Crippen LogP contribution is -2.20. The monoisotopic (exact) mass is 259 g/mol. The molecule has 1 rings (SSSR count). The number of allylic oxidation sites excluding steroid dienone is 2. The number of ether oxygens (including phenoxy) is 1. The SMILES string of the molecule is C=CC/C(C(=O)OC)=C(/C)N[C@H](C)c1ccccc1. The van der Waals surface area contributed by atoms with Crippen LogP contribution in [0.4, 0.5) is 0 Å². The van der Waals surface area contributed by atoms with Crippen LogP contribution in [0, 0.1) is 0 Å². The molecule has 0 amide bonds. The van der Waals surface area contributed by atoms with Crippen molar-refractivity contribution in [1.82, 2.24) is 5.32 Å². The van der Waals surface area contributed by atoms with E-state index in [1.807, 2.05) is 25.1 Å². The summed E-state index contributed by atoms with van der Waals surface area (Å²) in [6.07, 6.45) is 2.19. The Morgan fingerprint density at radius 2 is 2.05 bits per heavy atom. The van der Waals surface area contributed by atoms with Crippen molar-refractivity contribution in [1.29, 1.82) is 0 Å². The molecule has 1 N–H and O–H groups in total. The van der Waals surface area contributed by atoms with E-state index in [4.69, 9.17) is 4.74 Å². The molecule has 1 aromatic rings. The first-order valence-electron chi connectivity index (χ1n) is 6.30. The zero-order chi connectivity index (χ0) is 14.3. The lowest BCUT2D eigenvalue weighted by Gasteiger charge is -2.18. The molecule has 3 heteroatoms. The number of benzene rings is 1. The van der Waals surface area contributed by atoms with E-state index in [0.717, 1.165) is 5.70 Å². The van der Waals surface area contributed by atoms with Crippen LogP contribution >= 0.6 is 0 Å². The first-order valence-corrected chi connectivity index (χ1v) is 6.30. The van der Waals surface area contributed by atoms with Gasteiger partial charge >= 0.3 is 5.97 Å². The van der Waals surface area contributed by atoms with Crippen LogP contribution in [0.15, 0.2) is 54.3 Å². The number of carbonyl (C=O) groups is 1. The van der Waals surface area contributed by atoms with Gasteiger partial charge in [0.25, 0.3) is 0 Å². The average Bonchev–Trinajstić information content (AvgIpc) is 2.44. The summed E-state index contributed by atoms with van der Waals surface area (Å²) in [5.74, 6) is -0.315. The van der Waals surface area contributed by atoms with Crippen molar-refractivity contribution in [2.24, 2.45) is 0 Å². The third-order valence-corrected chi connectivity index (χ3v) is 2.97. The second-order valence-electron chi connectivity index (χ2n) is 4.36. The average molecular weight is 259 g/mol. The molecule has 0 unspecified atom stereocenters. The second kappa shape index (κ2) is 7.41. The minimum absolute atomic E-state index is 0.130. The normalized spacial score (nSPS) is 13.2. The predicted octanol–water partition coefficient (Wildman–Crippen LogP) is 3.36. The Balaban J connectivity index is 2.88. The maximum absolute atomic E-state index is 11.7. The van der Waals surface area contributed by atoms with Crippen molar-refractivity contribution >= 4 is 5.97 Å². The van der Waals surface area contributed by atoms with Crippen LogP contribution in [0.1, 0.15) is 31.9 Å². The fraction of sp³-hybridized carbons (Fsp3) is 0.312. The highest BCUT2D eigenvalue weighted by atomic mass is 16.5. The van der Waals surface area contributed by atoms with Gasteiger partial charge in [0, 0.05) is 11.7 Å². The van der Waals surface area contributed by atoms with Crippen molar-refractivity contribution in [2.75, 3.05) is 7.11 Å². The van der Waals surface area contributed by atoms with E-state index in [1.54, 1.807) is 6.08 Å². The lowest BCUT2D eigenvalue weighted by atomic mass is 10.1. The Bertz CT molecular complexity index is 463. The maximum atomic E-state index is 11.7. The van der Waals surface area contributed by atoms with E-state index < -0.39 is 0 Å². The molecule has 0 saturated heterocycles.